The van der Waals surface area contributed by atoms with Crippen molar-refractivity contribution >= 4 is 29.1 Å². The molecule has 1 N–H and O–H groups in total. The Kier molecular flexibility index (Phi) is 5.75. The minimum Gasteiger partial charge on any atom is -0.493 e. The van der Waals surface area contributed by atoms with Crippen LogP contribution in [0.1, 0.15) is 30.9 Å². The Bertz CT molecular complexity index is 655. The second-order valence-corrected chi connectivity index (χ2v) is 5.73. The van der Waals surface area contributed by atoms with Gasteiger partial charge in [0.1, 0.15) is 17.3 Å². The van der Waals surface area contributed by atoms with Gasteiger partial charge in [0.15, 0.2) is 0 Å². The SMILES string of the molecule is Cc1ccc(C(C)NC(=O)CCOc2ccc(Cl)c(Cl)c2)o1. The maximum absolute atomic E-state index is 11.9. The van der Waals surface area contributed by atoms with Gasteiger partial charge in [0.2, 0.25) is 5.91 Å². The first-order valence-corrected chi connectivity index (χ1v) is 7.65. The summed E-state index contributed by atoms with van der Waals surface area (Å²) in [7, 11) is 0. The van der Waals surface area contributed by atoms with E-state index in [9.17, 15) is 4.79 Å². The van der Waals surface area contributed by atoms with Gasteiger partial charge in [-0.15, -0.1) is 0 Å². The van der Waals surface area contributed by atoms with Crippen LogP contribution in [-0.4, -0.2) is 12.5 Å². The number of hydrogen-bond donors (Lipinski definition) is 1. The van der Waals surface area contributed by atoms with Crippen LogP contribution in [0.2, 0.25) is 10.0 Å². The lowest BCUT2D eigenvalue weighted by atomic mass is 10.2. The Labute approximate surface area is 139 Å². The van der Waals surface area contributed by atoms with Gasteiger partial charge < -0.3 is 14.5 Å². The molecular formula is C16H17Cl2NO3. The first-order chi connectivity index (χ1) is 10.5. The van der Waals surface area contributed by atoms with Gasteiger partial charge in [-0.05, 0) is 38.1 Å². The highest BCUT2D eigenvalue weighted by Gasteiger charge is 2.12. The van der Waals surface area contributed by atoms with E-state index in [4.69, 9.17) is 32.4 Å². The summed E-state index contributed by atoms with van der Waals surface area (Å²) in [5, 5.41) is 3.75. The largest absolute Gasteiger partial charge is 0.493 e. The second kappa shape index (κ2) is 7.56. The van der Waals surface area contributed by atoms with Crippen LogP contribution in [0, 0.1) is 6.92 Å². The molecule has 0 aliphatic heterocycles. The lowest BCUT2D eigenvalue weighted by molar-refractivity contribution is -0.122. The Hall–Kier alpha value is -1.65. The second-order valence-electron chi connectivity index (χ2n) is 4.91. The quantitative estimate of drug-likeness (QED) is 0.838. The fourth-order valence-corrected chi connectivity index (χ4v) is 2.19. The minimum absolute atomic E-state index is 0.110. The summed E-state index contributed by atoms with van der Waals surface area (Å²) in [4.78, 5) is 11.9. The van der Waals surface area contributed by atoms with E-state index in [-0.39, 0.29) is 25.0 Å². The van der Waals surface area contributed by atoms with Crippen molar-refractivity contribution in [3.05, 3.63) is 51.9 Å². The average molecular weight is 342 g/mol. The third kappa shape index (κ3) is 4.68. The van der Waals surface area contributed by atoms with E-state index in [2.05, 4.69) is 5.32 Å². The molecule has 1 amide bonds. The maximum Gasteiger partial charge on any atom is 0.224 e. The summed E-state index contributed by atoms with van der Waals surface area (Å²) < 4.78 is 10.9. The van der Waals surface area contributed by atoms with Gasteiger partial charge in [0, 0.05) is 6.07 Å². The molecule has 0 saturated carbocycles. The van der Waals surface area contributed by atoms with E-state index in [0.29, 0.717) is 15.8 Å². The average Bonchev–Trinajstić information content (AvgIpc) is 2.89. The molecule has 0 spiro atoms. The van der Waals surface area contributed by atoms with E-state index in [1.165, 1.54) is 0 Å². The molecule has 0 radical (unpaired) electrons. The van der Waals surface area contributed by atoms with E-state index in [1.54, 1.807) is 18.2 Å². The molecule has 2 rings (SSSR count). The summed E-state index contributed by atoms with van der Waals surface area (Å²) in [5.41, 5.74) is 0. The van der Waals surface area contributed by atoms with Crippen molar-refractivity contribution in [2.45, 2.75) is 26.3 Å². The first kappa shape index (κ1) is 16.7. The predicted octanol–water partition coefficient (Wildman–Crippen LogP) is 4.54. The number of ether oxygens (including phenoxy) is 1. The molecule has 0 aliphatic carbocycles. The lowest BCUT2D eigenvalue weighted by Gasteiger charge is -2.12. The molecule has 0 saturated heterocycles. The summed E-state index contributed by atoms with van der Waals surface area (Å²) in [6.45, 7) is 3.99. The highest BCUT2D eigenvalue weighted by Crippen LogP contribution is 2.26. The Balaban J connectivity index is 1.76. The van der Waals surface area contributed by atoms with Crippen LogP contribution in [0.4, 0.5) is 0 Å². The third-order valence-electron chi connectivity index (χ3n) is 3.05. The number of carbonyl (C=O) groups excluding carboxylic acids is 1. The number of rotatable bonds is 6. The molecule has 1 atom stereocenters. The fourth-order valence-electron chi connectivity index (χ4n) is 1.90. The van der Waals surface area contributed by atoms with Crippen LogP contribution in [-0.2, 0) is 4.79 Å². The Morgan fingerprint density at radius 3 is 2.68 bits per heavy atom. The summed E-state index contributed by atoms with van der Waals surface area (Å²) in [6.07, 6.45) is 0.240. The summed E-state index contributed by atoms with van der Waals surface area (Å²) >= 11 is 11.7. The van der Waals surface area contributed by atoms with Gasteiger partial charge in [0.25, 0.3) is 0 Å². The number of nitrogens with one attached hydrogen (secondary N) is 1. The van der Waals surface area contributed by atoms with E-state index in [1.807, 2.05) is 26.0 Å². The molecule has 2 aromatic rings. The Morgan fingerprint density at radius 1 is 1.27 bits per heavy atom. The standard InChI is InChI=1S/C16H17Cl2NO3/c1-10-3-6-15(22-10)11(2)19-16(20)7-8-21-12-4-5-13(17)14(18)9-12/h3-6,9,11H,7-8H2,1-2H3,(H,19,20). The lowest BCUT2D eigenvalue weighted by Crippen LogP contribution is -2.27. The minimum atomic E-state index is -0.175. The molecule has 1 heterocycles. The van der Waals surface area contributed by atoms with E-state index < -0.39 is 0 Å². The Morgan fingerprint density at radius 2 is 2.05 bits per heavy atom. The summed E-state index contributed by atoms with van der Waals surface area (Å²) in [6, 6.07) is 8.53. The van der Waals surface area contributed by atoms with Gasteiger partial charge in [0.05, 0.1) is 29.1 Å². The monoisotopic (exact) mass is 341 g/mol. The highest BCUT2D eigenvalue weighted by molar-refractivity contribution is 6.42. The number of aryl methyl sites for hydroxylation is 1. The van der Waals surface area contributed by atoms with E-state index in [0.717, 1.165) is 11.5 Å². The predicted molar refractivity (Wildman–Crippen MR) is 86.6 cm³/mol. The van der Waals surface area contributed by atoms with Crippen molar-refractivity contribution in [2.75, 3.05) is 6.61 Å². The smallest absolute Gasteiger partial charge is 0.224 e. The zero-order valence-corrected chi connectivity index (χ0v) is 13.9. The zero-order valence-electron chi connectivity index (χ0n) is 12.4. The van der Waals surface area contributed by atoms with Crippen molar-refractivity contribution in [2.24, 2.45) is 0 Å². The van der Waals surface area contributed by atoms with Gasteiger partial charge in [-0.3, -0.25) is 4.79 Å². The number of carbonyl (C=O) groups is 1. The van der Waals surface area contributed by atoms with Gasteiger partial charge in [-0.25, -0.2) is 0 Å². The molecule has 22 heavy (non-hydrogen) atoms. The van der Waals surface area contributed by atoms with Crippen molar-refractivity contribution in [3.63, 3.8) is 0 Å². The molecule has 118 valence electrons. The number of amides is 1. The van der Waals surface area contributed by atoms with Crippen molar-refractivity contribution in [3.8, 4) is 5.75 Å². The number of halogens is 2. The molecule has 1 aromatic carbocycles. The van der Waals surface area contributed by atoms with Gasteiger partial charge in [-0.2, -0.15) is 0 Å². The molecule has 4 nitrogen and oxygen atoms in total. The van der Waals surface area contributed by atoms with Crippen LogP contribution in [0.3, 0.4) is 0 Å². The van der Waals surface area contributed by atoms with Gasteiger partial charge >= 0.3 is 0 Å². The molecule has 6 heteroatoms. The number of furan rings is 1. The van der Waals surface area contributed by atoms with Crippen LogP contribution in [0.15, 0.2) is 34.7 Å². The molecule has 0 aliphatic rings. The number of hydrogen-bond acceptors (Lipinski definition) is 3. The van der Waals surface area contributed by atoms with Crippen LogP contribution < -0.4 is 10.1 Å². The zero-order chi connectivity index (χ0) is 16.1. The van der Waals surface area contributed by atoms with Crippen molar-refractivity contribution in [1.29, 1.82) is 0 Å². The molecular weight excluding hydrogens is 325 g/mol. The molecule has 1 unspecified atom stereocenters. The molecule has 0 bridgehead atoms. The van der Waals surface area contributed by atoms with Crippen molar-refractivity contribution < 1.29 is 13.9 Å². The molecule has 1 aromatic heterocycles. The van der Waals surface area contributed by atoms with Crippen LogP contribution >= 0.6 is 23.2 Å². The van der Waals surface area contributed by atoms with Crippen LogP contribution in [0.5, 0.6) is 5.75 Å². The van der Waals surface area contributed by atoms with Gasteiger partial charge in [-0.1, -0.05) is 23.2 Å². The van der Waals surface area contributed by atoms with Crippen molar-refractivity contribution in [1.82, 2.24) is 5.32 Å². The first-order valence-electron chi connectivity index (χ1n) is 6.89. The maximum atomic E-state index is 11.9. The fraction of sp³-hybridized carbons (Fsp3) is 0.312. The normalized spacial score (nSPS) is 12.0. The third-order valence-corrected chi connectivity index (χ3v) is 3.79. The highest BCUT2D eigenvalue weighted by atomic mass is 35.5. The summed E-state index contributed by atoms with van der Waals surface area (Å²) in [5.74, 6) is 2.02. The van der Waals surface area contributed by atoms with Crippen LogP contribution in [0.25, 0.3) is 0 Å². The van der Waals surface area contributed by atoms with E-state index >= 15 is 0 Å². The molecule has 0 fully saturated rings. The topological polar surface area (TPSA) is 51.5 Å². The number of benzene rings is 1.